The molecule has 1 unspecified atom stereocenters. The highest BCUT2D eigenvalue weighted by atomic mass is 19.4. The van der Waals surface area contributed by atoms with Gasteiger partial charge in [0.25, 0.3) is 0 Å². The third-order valence-corrected chi connectivity index (χ3v) is 5.99. The number of carboxylic acids is 1. The number of imidazole rings is 1. The summed E-state index contributed by atoms with van der Waals surface area (Å²) in [6.45, 7) is 5.02. The lowest BCUT2D eigenvalue weighted by molar-refractivity contribution is -0.192. The van der Waals surface area contributed by atoms with Crippen LogP contribution in [-0.2, 0) is 29.1 Å². The van der Waals surface area contributed by atoms with Gasteiger partial charge in [0.05, 0.1) is 18.2 Å². The summed E-state index contributed by atoms with van der Waals surface area (Å²) in [5, 5.41) is 11.5. The fourth-order valence-corrected chi connectivity index (χ4v) is 4.07. The number of alkyl halides is 3. The van der Waals surface area contributed by atoms with Crippen LogP contribution in [0.25, 0.3) is 10.9 Å². The van der Waals surface area contributed by atoms with Crippen molar-refractivity contribution in [2.45, 2.75) is 57.5 Å². The second-order valence-corrected chi connectivity index (χ2v) is 8.61. The summed E-state index contributed by atoms with van der Waals surface area (Å²) in [6.07, 6.45) is 1.59. The number of nitrogens with zero attached hydrogens (tertiary/aromatic N) is 3. The van der Waals surface area contributed by atoms with Crippen molar-refractivity contribution in [3.8, 4) is 0 Å². The van der Waals surface area contributed by atoms with Crippen LogP contribution in [0.1, 0.15) is 42.9 Å². The number of aromatic nitrogens is 3. The largest absolute Gasteiger partial charge is 0.490 e. The number of aromatic amines is 1. The topological polar surface area (TPSA) is 103 Å². The van der Waals surface area contributed by atoms with Crippen molar-refractivity contribution >= 4 is 22.8 Å². The maximum atomic E-state index is 12.1. The molecule has 2 aliphatic rings. The summed E-state index contributed by atoms with van der Waals surface area (Å²) in [4.78, 5) is 31.5. The molecule has 0 bridgehead atoms. The molecule has 1 aliphatic carbocycles. The first-order chi connectivity index (χ1) is 16.1. The minimum absolute atomic E-state index is 0.0941. The van der Waals surface area contributed by atoms with E-state index in [2.05, 4.69) is 57.2 Å². The molecule has 11 heteroatoms. The number of halogens is 3. The highest BCUT2D eigenvalue weighted by molar-refractivity contribution is 5.82. The van der Waals surface area contributed by atoms with Gasteiger partial charge in [-0.3, -0.25) is 9.69 Å². The zero-order chi connectivity index (χ0) is 24.5. The molecule has 1 saturated carbocycles. The molecule has 34 heavy (non-hydrogen) atoms. The van der Waals surface area contributed by atoms with E-state index in [0.29, 0.717) is 12.5 Å². The van der Waals surface area contributed by atoms with Gasteiger partial charge in [0.1, 0.15) is 5.82 Å². The van der Waals surface area contributed by atoms with E-state index in [4.69, 9.17) is 14.9 Å². The van der Waals surface area contributed by atoms with Crippen molar-refractivity contribution < 1.29 is 27.9 Å². The van der Waals surface area contributed by atoms with Crippen LogP contribution in [0, 0.1) is 0 Å². The zero-order valence-electron chi connectivity index (χ0n) is 18.6. The van der Waals surface area contributed by atoms with Gasteiger partial charge in [-0.15, -0.1) is 0 Å². The van der Waals surface area contributed by atoms with Crippen LogP contribution in [0.4, 0.5) is 13.2 Å². The van der Waals surface area contributed by atoms with Crippen LogP contribution < -0.4 is 5.32 Å². The standard InChI is InChI=1S/C21H25N5O.C2HF3O2/c1-14-21-24-17(11-20(27)23-16-5-6-16)13-26(21)10-9-25(14)12-15-3-2-4-19-18(15)7-8-22-19;3-2(4,5)1(6)7/h2-4,7-8,13-14,16,22H,5-6,9-12H2,1H3,(H,23,27);(H,6,7). The van der Waals surface area contributed by atoms with Crippen LogP contribution >= 0.6 is 0 Å². The number of aliphatic carboxylic acids is 1. The Hall–Kier alpha value is -3.34. The van der Waals surface area contributed by atoms with Crippen molar-refractivity contribution in [2.24, 2.45) is 0 Å². The number of rotatable bonds is 5. The minimum Gasteiger partial charge on any atom is -0.475 e. The lowest BCUT2D eigenvalue weighted by Crippen LogP contribution is -2.36. The highest BCUT2D eigenvalue weighted by Gasteiger charge is 2.38. The number of H-pyrrole nitrogens is 1. The molecule has 0 spiro atoms. The van der Waals surface area contributed by atoms with Crippen molar-refractivity contribution in [3.63, 3.8) is 0 Å². The molecular weight excluding hydrogens is 451 g/mol. The fraction of sp³-hybridized carbons (Fsp3) is 0.435. The zero-order valence-corrected chi connectivity index (χ0v) is 18.6. The van der Waals surface area contributed by atoms with Crippen LogP contribution in [-0.4, -0.2) is 55.2 Å². The molecule has 3 heterocycles. The van der Waals surface area contributed by atoms with Gasteiger partial charge >= 0.3 is 12.1 Å². The van der Waals surface area contributed by atoms with E-state index in [-0.39, 0.29) is 11.9 Å². The monoisotopic (exact) mass is 477 g/mol. The Morgan fingerprint density at radius 2 is 1.97 bits per heavy atom. The Kier molecular flexibility index (Phi) is 6.65. The predicted molar refractivity (Wildman–Crippen MR) is 118 cm³/mol. The van der Waals surface area contributed by atoms with E-state index in [1.54, 1.807) is 0 Å². The normalized spacial score (nSPS) is 18.2. The van der Waals surface area contributed by atoms with Crippen molar-refractivity contribution in [2.75, 3.05) is 6.54 Å². The second-order valence-electron chi connectivity index (χ2n) is 8.61. The lowest BCUT2D eigenvalue weighted by Gasteiger charge is -2.33. The molecule has 1 aliphatic heterocycles. The number of hydrogen-bond donors (Lipinski definition) is 3. The highest BCUT2D eigenvalue weighted by Crippen LogP contribution is 2.28. The fourth-order valence-electron chi connectivity index (χ4n) is 4.07. The van der Waals surface area contributed by atoms with Gasteiger partial charge in [-0.25, -0.2) is 9.78 Å². The first kappa shape index (κ1) is 23.8. The number of amides is 1. The van der Waals surface area contributed by atoms with E-state index < -0.39 is 12.1 Å². The maximum absolute atomic E-state index is 12.1. The molecule has 1 amide bonds. The Labute approximate surface area is 193 Å². The predicted octanol–water partition coefficient (Wildman–Crippen LogP) is 3.40. The smallest absolute Gasteiger partial charge is 0.475 e. The van der Waals surface area contributed by atoms with Gasteiger partial charge in [-0.05, 0) is 37.5 Å². The summed E-state index contributed by atoms with van der Waals surface area (Å²) < 4.78 is 34.0. The number of nitrogens with one attached hydrogen (secondary N) is 2. The van der Waals surface area contributed by atoms with Crippen LogP contribution in [0.3, 0.4) is 0 Å². The molecule has 3 aromatic rings. The maximum Gasteiger partial charge on any atom is 0.490 e. The van der Waals surface area contributed by atoms with Gasteiger partial charge in [0.15, 0.2) is 0 Å². The second kappa shape index (κ2) is 9.49. The van der Waals surface area contributed by atoms with E-state index >= 15 is 0 Å². The van der Waals surface area contributed by atoms with Gasteiger partial charge in [0, 0.05) is 49.0 Å². The number of carbonyl (C=O) groups is 2. The Morgan fingerprint density at radius 1 is 1.24 bits per heavy atom. The Balaban J connectivity index is 0.000000344. The SMILES string of the molecule is CC1c2nc(CC(=O)NC3CC3)cn2CCN1Cc1cccc2[nH]ccc12.O=C(O)C(F)(F)F. The Bertz CT molecular complexity index is 1180. The quantitative estimate of drug-likeness (QED) is 0.523. The van der Waals surface area contributed by atoms with Gasteiger partial charge < -0.3 is 20.0 Å². The first-order valence-electron chi connectivity index (χ1n) is 11.1. The van der Waals surface area contributed by atoms with Gasteiger partial charge in [0.2, 0.25) is 5.91 Å². The molecule has 3 N–H and O–H groups in total. The number of carboxylic acid groups (broad SMARTS) is 1. The molecule has 1 fully saturated rings. The summed E-state index contributed by atoms with van der Waals surface area (Å²) >= 11 is 0. The molecule has 2 aromatic heterocycles. The summed E-state index contributed by atoms with van der Waals surface area (Å²) in [7, 11) is 0. The Morgan fingerprint density at radius 3 is 2.65 bits per heavy atom. The average molecular weight is 477 g/mol. The van der Waals surface area contributed by atoms with E-state index in [1.165, 1.54) is 16.5 Å². The first-order valence-corrected chi connectivity index (χ1v) is 11.1. The van der Waals surface area contributed by atoms with Gasteiger partial charge in [-0.2, -0.15) is 13.2 Å². The van der Waals surface area contributed by atoms with Crippen LogP contribution in [0.5, 0.6) is 0 Å². The number of fused-ring (bicyclic) bond motifs is 2. The van der Waals surface area contributed by atoms with E-state index in [0.717, 1.165) is 44.0 Å². The molecular formula is C23H26F3N5O3. The minimum atomic E-state index is -5.08. The third-order valence-electron chi connectivity index (χ3n) is 5.99. The molecule has 0 saturated heterocycles. The molecule has 182 valence electrons. The van der Waals surface area contributed by atoms with Crippen molar-refractivity contribution in [3.05, 3.63) is 53.7 Å². The van der Waals surface area contributed by atoms with Gasteiger partial charge in [-0.1, -0.05) is 12.1 Å². The summed E-state index contributed by atoms with van der Waals surface area (Å²) in [5.74, 6) is -1.60. The third kappa shape index (κ3) is 5.58. The number of benzene rings is 1. The molecule has 8 nitrogen and oxygen atoms in total. The molecule has 1 aromatic carbocycles. The molecule has 1 atom stereocenters. The summed E-state index contributed by atoms with van der Waals surface area (Å²) in [5.41, 5.74) is 3.40. The molecule has 0 radical (unpaired) electrons. The number of carbonyl (C=O) groups excluding carboxylic acids is 1. The van der Waals surface area contributed by atoms with Crippen molar-refractivity contribution in [1.29, 1.82) is 0 Å². The van der Waals surface area contributed by atoms with Crippen molar-refractivity contribution in [1.82, 2.24) is 24.8 Å². The summed E-state index contributed by atoms with van der Waals surface area (Å²) in [6, 6.07) is 9.22. The van der Waals surface area contributed by atoms with Crippen LogP contribution in [0.15, 0.2) is 36.7 Å². The van der Waals surface area contributed by atoms with E-state index in [9.17, 15) is 18.0 Å². The van der Waals surface area contributed by atoms with E-state index in [1.807, 2.05) is 6.20 Å². The molecule has 5 rings (SSSR count). The van der Waals surface area contributed by atoms with Crippen LogP contribution in [0.2, 0.25) is 0 Å². The average Bonchev–Trinajstić information content (AvgIpc) is 3.27. The lowest BCUT2D eigenvalue weighted by atomic mass is 10.1. The number of hydrogen-bond acceptors (Lipinski definition) is 4.